The Morgan fingerprint density at radius 3 is 1.56 bits per heavy atom. The Morgan fingerprint density at radius 2 is 1.26 bits per heavy atom. The van der Waals surface area contributed by atoms with Gasteiger partial charge < -0.3 is 18.3 Å². The summed E-state index contributed by atoms with van der Waals surface area (Å²) in [5.41, 5.74) is 0. The van der Waals surface area contributed by atoms with Crippen LogP contribution in [0.25, 0.3) is 0 Å². The molecule has 8 heteroatoms. The summed E-state index contributed by atoms with van der Waals surface area (Å²) in [6.45, 7) is 26.6. The zero-order valence-corrected chi connectivity index (χ0v) is 23.0. The van der Waals surface area contributed by atoms with Crippen molar-refractivity contribution < 1.29 is 22.8 Å². The molecule has 166 valence electrons. The second-order valence-corrected chi connectivity index (χ2v) is 20.5. The summed E-state index contributed by atoms with van der Waals surface area (Å²) >= 11 is 0. The lowest BCUT2D eigenvalue weighted by molar-refractivity contribution is 0.0640. The average molecular weight is 443 g/mol. The molecule has 0 aromatic heterocycles. The van der Waals surface area contributed by atoms with Gasteiger partial charge in [-0.1, -0.05) is 68.2 Å². The molecule has 0 aliphatic carbocycles. The smallest absolute Gasteiger partial charge is 0.316 e. The minimum absolute atomic E-state index is 0.0622. The second-order valence-electron chi connectivity index (χ2n) is 10.1. The van der Waals surface area contributed by atoms with Gasteiger partial charge in [-0.2, -0.15) is 0 Å². The van der Waals surface area contributed by atoms with Gasteiger partial charge in [0.15, 0.2) is 16.6 Å². The van der Waals surface area contributed by atoms with Crippen molar-refractivity contribution in [3.8, 4) is 0 Å². The fourth-order valence-electron chi connectivity index (χ4n) is 1.39. The molecular weight excluding hydrogens is 395 g/mol. The topological polar surface area (TPSA) is 65.0 Å². The molecule has 0 aromatic rings. The van der Waals surface area contributed by atoms with E-state index in [9.17, 15) is 4.57 Å². The second kappa shape index (κ2) is 12.3. The van der Waals surface area contributed by atoms with Gasteiger partial charge in [0.05, 0.1) is 19.3 Å². The molecule has 0 saturated heterocycles. The van der Waals surface area contributed by atoms with Crippen LogP contribution in [0.1, 0.15) is 68.2 Å². The van der Waals surface area contributed by atoms with Crippen LogP contribution < -0.4 is 0 Å². The molecule has 0 heterocycles. The zero-order valence-electron chi connectivity index (χ0n) is 20.0. The van der Waals surface area contributed by atoms with Gasteiger partial charge in [0.1, 0.15) is 0 Å². The Labute approximate surface area is 171 Å². The van der Waals surface area contributed by atoms with E-state index < -0.39 is 24.9 Å². The van der Waals surface area contributed by atoms with Crippen LogP contribution in [0, 0.1) is 0 Å². The summed E-state index contributed by atoms with van der Waals surface area (Å²) in [7, 11) is -6.86. The Balaban J connectivity index is 0. The van der Waals surface area contributed by atoms with Crippen molar-refractivity contribution in [2.75, 3.05) is 13.2 Å². The fourth-order valence-corrected chi connectivity index (χ4v) is 4.08. The highest BCUT2D eigenvalue weighted by molar-refractivity contribution is 7.32. The van der Waals surface area contributed by atoms with Crippen LogP contribution >= 0.6 is 8.25 Å². The van der Waals surface area contributed by atoms with Crippen molar-refractivity contribution in [3.05, 3.63) is 0 Å². The molecule has 1 N–H and O–H groups in total. The van der Waals surface area contributed by atoms with E-state index in [4.69, 9.17) is 18.3 Å². The van der Waals surface area contributed by atoms with E-state index in [0.29, 0.717) is 6.61 Å². The maximum Gasteiger partial charge on any atom is 0.316 e. The standard InChI is InChI=1S/C15H37O5PSi2.C4H10/c1-14(2,3)22(7,8)19-12-13(11-18-21(16)17)20-23(9,10)15(4,5)6;1-3-4-2/h13,21H,11-12H2,1-10H3,(H,16,17);3-4H2,1-2H3. The van der Waals surface area contributed by atoms with Crippen molar-refractivity contribution in [1.29, 1.82) is 0 Å². The molecule has 0 aromatic carbocycles. The summed E-state index contributed by atoms with van der Waals surface area (Å²) in [6, 6.07) is 0. The third kappa shape index (κ3) is 12.6. The molecule has 0 fully saturated rings. The van der Waals surface area contributed by atoms with Crippen molar-refractivity contribution in [1.82, 2.24) is 0 Å². The maximum atomic E-state index is 10.9. The molecule has 0 amide bonds. The first kappa shape index (κ1) is 29.7. The van der Waals surface area contributed by atoms with E-state index in [-0.39, 0.29) is 22.8 Å². The molecule has 0 bridgehead atoms. The average Bonchev–Trinajstić information content (AvgIpc) is 2.47. The summed E-state index contributed by atoms with van der Waals surface area (Å²) < 4.78 is 28.4. The normalized spacial score (nSPS) is 15.7. The van der Waals surface area contributed by atoms with Gasteiger partial charge >= 0.3 is 8.25 Å². The van der Waals surface area contributed by atoms with Crippen molar-refractivity contribution in [2.24, 2.45) is 0 Å². The van der Waals surface area contributed by atoms with Crippen LogP contribution in [0.3, 0.4) is 0 Å². The van der Waals surface area contributed by atoms with Gasteiger partial charge in [-0.3, -0.25) is 4.57 Å². The van der Waals surface area contributed by atoms with Gasteiger partial charge in [-0.25, -0.2) is 0 Å². The number of rotatable bonds is 9. The van der Waals surface area contributed by atoms with Gasteiger partial charge in [-0.15, -0.1) is 0 Å². The quantitative estimate of drug-likeness (QED) is 0.322. The summed E-state index contributed by atoms with van der Waals surface area (Å²) in [5.74, 6) is 0. The summed E-state index contributed by atoms with van der Waals surface area (Å²) in [6.07, 6.45) is 2.33. The van der Waals surface area contributed by atoms with Gasteiger partial charge in [0.25, 0.3) is 0 Å². The van der Waals surface area contributed by atoms with Crippen LogP contribution in [0.4, 0.5) is 0 Å². The molecule has 2 atom stereocenters. The summed E-state index contributed by atoms with van der Waals surface area (Å²) in [5, 5.41) is 0.173. The van der Waals surface area contributed by atoms with E-state index >= 15 is 0 Å². The van der Waals surface area contributed by atoms with E-state index in [1.165, 1.54) is 12.8 Å². The zero-order chi connectivity index (χ0) is 22.1. The third-order valence-corrected chi connectivity index (χ3v) is 15.0. The highest BCUT2D eigenvalue weighted by Gasteiger charge is 2.41. The first-order valence-corrected chi connectivity index (χ1v) is 17.2. The first-order chi connectivity index (χ1) is 11.9. The van der Waals surface area contributed by atoms with E-state index in [0.717, 1.165) is 0 Å². The van der Waals surface area contributed by atoms with Crippen LogP contribution in [0.5, 0.6) is 0 Å². The fraction of sp³-hybridized carbons (Fsp3) is 1.00. The van der Waals surface area contributed by atoms with Crippen LogP contribution in [0.2, 0.25) is 36.3 Å². The lowest BCUT2D eigenvalue weighted by Gasteiger charge is -2.41. The largest absolute Gasteiger partial charge is 0.414 e. The highest BCUT2D eigenvalue weighted by atomic mass is 31.1. The third-order valence-electron chi connectivity index (χ3n) is 5.60. The van der Waals surface area contributed by atoms with Crippen molar-refractivity contribution >= 4 is 24.9 Å². The van der Waals surface area contributed by atoms with Crippen LogP contribution in [-0.4, -0.2) is 40.8 Å². The predicted molar refractivity (Wildman–Crippen MR) is 123 cm³/mol. The minimum atomic E-state index is -2.96. The molecule has 0 aliphatic heterocycles. The highest BCUT2D eigenvalue weighted by Crippen LogP contribution is 2.39. The Hall–Kier alpha value is 0.504. The van der Waals surface area contributed by atoms with E-state index in [1.54, 1.807) is 0 Å². The molecule has 0 aliphatic rings. The van der Waals surface area contributed by atoms with Crippen molar-refractivity contribution in [3.63, 3.8) is 0 Å². The number of hydrogen-bond donors (Lipinski definition) is 1. The Bertz CT molecular complexity index is 427. The summed E-state index contributed by atoms with van der Waals surface area (Å²) in [4.78, 5) is 8.96. The van der Waals surface area contributed by atoms with Crippen LogP contribution in [0.15, 0.2) is 0 Å². The van der Waals surface area contributed by atoms with E-state index in [1.807, 2.05) is 0 Å². The molecule has 0 spiro atoms. The minimum Gasteiger partial charge on any atom is -0.414 e. The number of hydrogen-bond acceptors (Lipinski definition) is 4. The molecular formula is C19H47O5PSi2. The van der Waals surface area contributed by atoms with Crippen molar-refractivity contribution in [2.45, 2.75) is 111 Å². The monoisotopic (exact) mass is 442 g/mol. The maximum absolute atomic E-state index is 10.9. The van der Waals surface area contributed by atoms with Gasteiger partial charge in [-0.05, 0) is 36.3 Å². The lowest BCUT2D eigenvalue weighted by Crippen LogP contribution is -2.48. The number of unbranched alkanes of at least 4 members (excludes halogenated alkanes) is 1. The molecule has 2 unspecified atom stereocenters. The Morgan fingerprint density at radius 1 is 0.852 bits per heavy atom. The molecule has 5 nitrogen and oxygen atoms in total. The predicted octanol–water partition coefficient (Wildman–Crippen LogP) is 6.60. The van der Waals surface area contributed by atoms with Crippen LogP contribution in [-0.2, 0) is 17.9 Å². The van der Waals surface area contributed by atoms with E-state index in [2.05, 4.69) is 81.6 Å². The van der Waals surface area contributed by atoms with Gasteiger partial charge in [0, 0.05) is 0 Å². The SMILES string of the molecule is CC(C)(C)[Si](C)(C)OCC(CO[PH](=O)O)O[Si](C)(C)C(C)(C)C.CCCC. The molecule has 27 heavy (non-hydrogen) atoms. The molecule has 0 saturated carbocycles. The van der Waals surface area contributed by atoms with Gasteiger partial charge in [0.2, 0.25) is 0 Å². The first-order valence-electron chi connectivity index (χ1n) is 10.1. The Kier molecular flexibility index (Phi) is 13.5. The lowest BCUT2D eigenvalue weighted by atomic mass is 10.2. The molecule has 0 rings (SSSR count). The molecule has 0 radical (unpaired) electrons.